The highest BCUT2D eigenvalue weighted by atomic mass is 16.5. The molecule has 1 fully saturated rings. The second-order valence-electron chi connectivity index (χ2n) is 5.69. The van der Waals surface area contributed by atoms with Gasteiger partial charge in [0.2, 0.25) is 5.91 Å². The van der Waals surface area contributed by atoms with Crippen molar-refractivity contribution < 1.29 is 9.53 Å². The molecule has 0 bridgehead atoms. The average Bonchev–Trinajstić information content (AvgIpc) is 2.95. The number of nitrogens with zero attached hydrogens (tertiary/aromatic N) is 2. The molecule has 1 aliphatic heterocycles. The van der Waals surface area contributed by atoms with E-state index in [1.54, 1.807) is 0 Å². The molecule has 7 heteroatoms. The lowest BCUT2D eigenvalue weighted by molar-refractivity contribution is -0.117. The molecule has 0 radical (unpaired) electrons. The number of rotatable bonds is 5. The molecule has 0 spiro atoms. The molecule has 122 valence electrons. The number of nitrogens with one attached hydrogen (secondary N) is 3. The van der Waals surface area contributed by atoms with Crippen molar-refractivity contribution in [3.8, 4) is 0 Å². The summed E-state index contributed by atoms with van der Waals surface area (Å²) in [6.07, 6.45) is 1.08. The minimum absolute atomic E-state index is 0.00894. The molecule has 1 saturated heterocycles. The molecule has 2 aromatic rings. The maximum Gasteiger partial charge on any atom is 0.226 e. The summed E-state index contributed by atoms with van der Waals surface area (Å²) in [6, 6.07) is 7.85. The molecule has 1 unspecified atom stereocenters. The number of benzene rings is 1. The maximum atomic E-state index is 12.0. The van der Waals surface area contributed by atoms with Gasteiger partial charge in [0.05, 0.1) is 13.2 Å². The Morgan fingerprint density at radius 1 is 1.39 bits per heavy atom. The molecule has 1 atom stereocenters. The molecular formula is C16H21N5O2. The number of ether oxygens (including phenoxy) is 1. The van der Waals surface area contributed by atoms with Crippen LogP contribution in [0.3, 0.4) is 0 Å². The lowest BCUT2D eigenvalue weighted by Crippen LogP contribution is -2.43. The normalized spacial score (nSPS) is 17.9. The predicted octanol–water partition coefficient (Wildman–Crippen LogP) is 1.02. The minimum atomic E-state index is -0.00894. The molecule has 3 N–H and O–H groups in total. The number of aromatic nitrogens is 3. The number of carbonyl (C=O) groups is 1. The summed E-state index contributed by atoms with van der Waals surface area (Å²) in [7, 11) is 0. The van der Waals surface area contributed by atoms with Crippen LogP contribution in [-0.2, 0) is 16.0 Å². The van der Waals surface area contributed by atoms with Gasteiger partial charge in [-0.05, 0) is 24.6 Å². The molecule has 3 rings (SSSR count). The minimum Gasteiger partial charge on any atom is -0.378 e. The van der Waals surface area contributed by atoms with Crippen LogP contribution in [0.25, 0.3) is 0 Å². The Balaban J connectivity index is 1.51. The first-order chi connectivity index (χ1) is 11.2. The Labute approximate surface area is 134 Å². The van der Waals surface area contributed by atoms with Crippen LogP contribution >= 0.6 is 0 Å². The molecule has 1 amide bonds. The van der Waals surface area contributed by atoms with Gasteiger partial charge in [0.15, 0.2) is 5.82 Å². The van der Waals surface area contributed by atoms with E-state index in [-0.39, 0.29) is 11.9 Å². The van der Waals surface area contributed by atoms with Crippen LogP contribution in [-0.4, -0.2) is 46.9 Å². The Morgan fingerprint density at radius 3 is 2.87 bits per heavy atom. The summed E-state index contributed by atoms with van der Waals surface area (Å²) in [4.78, 5) is 16.3. The van der Waals surface area contributed by atoms with E-state index >= 15 is 0 Å². The zero-order valence-electron chi connectivity index (χ0n) is 13.1. The third kappa shape index (κ3) is 4.61. The van der Waals surface area contributed by atoms with Crippen molar-refractivity contribution in [1.82, 2.24) is 20.5 Å². The van der Waals surface area contributed by atoms with Gasteiger partial charge in [0.25, 0.3) is 0 Å². The summed E-state index contributed by atoms with van der Waals surface area (Å²) < 4.78 is 5.35. The third-order valence-corrected chi connectivity index (χ3v) is 3.67. The first-order valence-electron chi connectivity index (χ1n) is 7.77. The molecule has 1 aromatic heterocycles. The van der Waals surface area contributed by atoms with Crippen LogP contribution in [0.2, 0.25) is 0 Å². The first-order valence-corrected chi connectivity index (χ1v) is 7.77. The second kappa shape index (κ2) is 7.34. The van der Waals surface area contributed by atoms with Crippen LogP contribution in [0, 0.1) is 6.92 Å². The highest BCUT2D eigenvalue weighted by Gasteiger charge is 2.16. The Morgan fingerprint density at radius 2 is 2.22 bits per heavy atom. The SMILES string of the molecule is Cc1nc(Cc2ccc(NC(=O)CC3COCCN3)cc2)n[nH]1. The Bertz CT molecular complexity index is 647. The smallest absolute Gasteiger partial charge is 0.226 e. The van der Waals surface area contributed by atoms with Gasteiger partial charge in [-0.2, -0.15) is 5.10 Å². The van der Waals surface area contributed by atoms with E-state index in [0.29, 0.717) is 26.1 Å². The maximum absolute atomic E-state index is 12.0. The van der Waals surface area contributed by atoms with Gasteiger partial charge in [-0.25, -0.2) is 4.98 Å². The number of morpholine rings is 1. The zero-order valence-corrected chi connectivity index (χ0v) is 13.1. The van der Waals surface area contributed by atoms with Crippen molar-refractivity contribution in [2.24, 2.45) is 0 Å². The van der Waals surface area contributed by atoms with Crippen molar-refractivity contribution in [3.63, 3.8) is 0 Å². The fourth-order valence-electron chi connectivity index (χ4n) is 2.54. The molecule has 7 nitrogen and oxygen atoms in total. The second-order valence-corrected chi connectivity index (χ2v) is 5.69. The standard InChI is InChI=1S/C16H21N5O2/c1-11-18-15(21-20-11)8-12-2-4-13(5-3-12)19-16(22)9-14-10-23-7-6-17-14/h2-5,14,17H,6-10H2,1H3,(H,19,22)(H,18,20,21). The monoisotopic (exact) mass is 315 g/mol. The number of carbonyl (C=O) groups excluding carboxylic acids is 1. The van der Waals surface area contributed by atoms with E-state index < -0.39 is 0 Å². The van der Waals surface area contributed by atoms with Crippen LogP contribution < -0.4 is 10.6 Å². The van der Waals surface area contributed by atoms with Gasteiger partial charge in [0.1, 0.15) is 5.82 Å². The molecule has 2 heterocycles. The van der Waals surface area contributed by atoms with Crippen LogP contribution in [0.4, 0.5) is 5.69 Å². The molecule has 1 aliphatic rings. The van der Waals surface area contributed by atoms with Gasteiger partial charge in [-0.15, -0.1) is 0 Å². The molecule has 0 saturated carbocycles. The quantitative estimate of drug-likeness (QED) is 0.766. The summed E-state index contributed by atoms with van der Waals surface area (Å²) in [6.45, 7) is 3.97. The molecular weight excluding hydrogens is 294 g/mol. The van der Waals surface area contributed by atoms with Gasteiger partial charge < -0.3 is 15.4 Å². The lowest BCUT2D eigenvalue weighted by atomic mass is 10.1. The number of aromatic amines is 1. The van der Waals surface area contributed by atoms with Crippen molar-refractivity contribution in [2.45, 2.75) is 25.8 Å². The van der Waals surface area contributed by atoms with Gasteiger partial charge in [0, 0.05) is 31.1 Å². The van der Waals surface area contributed by atoms with Crippen LogP contribution in [0.15, 0.2) is 24.3 Å². The van der Waals surface area contributed by atoms with Crippen LogP contribution in [0.5, 0.6) is 0 Å². The Hall–Kier alpha value is -2.25. The fourth-order valence-corrected chi connectivity index (χ4v) is 2.54. The summed E-state index contributed by atoms with van der Waals surface area (Å²) in [5.74, 6) is 1.57. The van der Waals surface area contributed by atoms with Crippen molar-refractivity contribution in [1.29, 1.82) is 0 Å². The average molecular weight is 315 g/mol. The lowest BCUT2D eigenvalue weighted by Gasteiger charge is -2.23. The van der Waals surface area contributed by atoms with E-state index in [9.17, 15) is 4.79 Å². The van der Waals surface area contributed by atoms with Crippen molar-refractivity contribution in [3.05, 3.63) is 41.5 Å². The number of amides is 1. The predicted molar refractivity (Wildman–Crippen MR) is 86.2 cm³/mol. The molecule has 1 aromatic carbocycles. The summed E-state index contributed by atoms with van der Waals surface area (Å²) >= 11 is 0. The van der Waals surface area contributed by atoms with Crippen molar-refractivity contribution >= 4 is 11.6 Å². The van der Waals surface area contributed by atoms with Crippen LogP contribution in [0.1, 0.15) is 23.6 Å². The molecule has 23 heavy (non-hydrogen) atoms. The Kier molecular flexibility index (Phi) is 4.99. The molecule has 0 aliphatic carbocycles. The first kappa shape index (κ1) is 15.6. The number of hydrogen-bond donors (Lipinski definition) is 3. The number of anilines is 1. The van der Waals surface area contributed by atoms with E-state index in [1.807, 2.05) is 31.2 Å². The van der Waals surface area contributed by atoms with Crippen molar-refractivity contribution in [2.75, 3.05) is 25.1 Å². The fraction of sp³-hybridized carbons (Fsp3) is 0.438. The van der Waals surface area contributed by atoms with E-state index in [0.717, 1.165) is 29.4 Å². The zero-order chi connectivity index (χ0) is 16.1. The highest BCUT2D eigenvalue weighted by Crippen LogP contribution is 2.13. The summed E-state index contributed by atoms with van der Waals surface area (Å²) in [5, 5.41) is 13.1. The summed E-state index contributed by atoms with van der Waals surface area (Å²) in [5.41, 5.74) is 1.89. The number of hydrogen-bond acceptors (Lipinski definition) is 5. The largest absolute Gasteiger partial charge is 0.378 e. The van der Waals surface area contributed by atoms with Gasteiger partial charge in [-0.1, -0.05) is 12.1 Å². The third-order valence-electron chi connectivity index (χ3n) is 3.67. The van der Waals surface area contributed by atoms with E-state index in [2.05, 4.69) is 25.8 Å². The van der Waals surface area contributed by atoms with Gasteiger partial charge in [-0.3, -0.25) is 9.89 Å². The topological polar surface area (TPSA) is 91.9 Å². The highest BCUT2D eigenvalue weighted by molar-refractivity contribution is 5.91. The number of aryl methyl sites for hydroxylation is 1. The van der Waals surface area contributed by atoms with E-state index in [1.165, 1.54) is 0 Å². The van der Waals surface area contributed by atoms with E-state index in [4.69, 9.17) is 4.74 Å². The van der Waals surface area contributed by atoms with Gasteiger partial charge >= 0.3 is 0 Å². The number of H-pyrrole nitrogens is 1.